The number of carbonyl (C=O) groups excluding carboxylic acids is 1. The Kier molecular flexibility index (Phi) is 2.46. The second kappa shape index (κ2) is 3.86. The summed E-state index contributed by atoms with van der Waals surface area (Å²) in [6.07, 6.45) is 4.42. The van der Waals surface area contributed by atoms with Crippen molar-refractivity contribution in [3.63, 3.8) is 0 Å². The average Bonchev–Trinajstić information content (AvgIpc) is 2.97. The molecule has 1 aromatic rings. The number of amides is 1. The molecule has 0 unspecified atom stereocenters. The third-order valence-electron chi connectivity index (χ3n) is 4.16. The Morgan fingerprint density at radius 3 is 2.24 bits per heavy atom. The Morgan fingerprint density at radius 1 is 1.12 bits per heavy atom. The first kappa shape index (κ1) is 10.8. The quantitative estimate of drug-likeness (QED) is 0.763. The summed E-state index contributed by atoms with van der Waals surface area (Å²) in [5, 5.41) is 0. The predicted molar refractivity (Wildman–Crippen MR) is 67.9 cm³/mol. The number of nitrogens with zero attached hydrogens (tertiary/aromatic N) is 1. The molecule has 1 aliphatic carbocycles. The molecule has 17 heavy (non-hydrogen) atoms. The normalized spacial score (nSPS) is 21.6. The zero-order chi connectivity index (χ0) is 11.9. The Hall–Kier alpha value is -1.31. The molecule has 0 N–H and O–H groups in total. The number of carbonyl (C=O) groups is 1. The molecule has 1 saturated heterocycles. The lowest BCUT2D eigenvalue weighted by molar-refractivity contribution is -0.132. The van der Waals surface area contributed by atoms with Crippen LogP contribution in [-0.2, 0) is 10.2 Å². The van der Waals surface area contributed by atoms with Crippen molar-refractivity contribution in [2.75, 3.05) is 13.1 Å². The highest BCUT2D eigenvalue weighted by Crippen LogP contribution is 2.50. The van der Waals surface area contributed by atoms with E-state index in [4.69, 9.17) is 0 Å². The Labute approximate surface area is 103 Å². The van der Waals surface area contributed by atoms with Gasteiger partial charge < -0.3 is 4.90 Å². The molecule has 90 valence electrons. The van der Waals surface area contributed by atoms with Crippen LogP contribution in [0.3, 0.4) is 0 Å². The molecule has 0 radical (unpaired) electrons. The van der Waals surface area contributed by atoms with Crippen LogP contribution in [0.15, 0.2) is 24.3 Å². The Balaban J connectivity index is 1.85. The number of hydrogen-bond acceptors (Lipinski definition) is 1. The van der Waals surface area contributed by atoms with Gasteiger partial charge in [-0.1, -0.05) is 29.8 Å². The van der Waals surface area contributed by atoms with E-state index in [1.54, 1.807) is 0 Å². The first-order valence-electron chi connectivity index (χ1n) is 6.59. The van der Waals surface area contributed by atoms with E-state index < -0.39 is 0 Å². The maximum absolute atomic E-state index is 12.5. The molecule has 1 heterocycles. The van der Waals surface area contributed by atoms with E-state index in [-0.39, 0.29) is 5.41 Å². The van der Waals surface area contributed by atoms with Gasteiger partial charge in [0.15, 0.2) is 0 Å². The first-order chi connectivity index (χ1) is 8.22. The molecule has 0 spiro atoms. The molecule has 0 aromatic heterocycles. The van der Waals surface area contributed by atoms with Crippen molar-refractivity contribution in [2.24, 2.45) is 0 Å². The molecule has 1 amide bonds. The lowest BCUT2D eigenvalue weighted by Gasteiger charge is -2.23. The van der Waals surface area contributed by atoms with Crippen molar-refractivity contribution in [3.05, 3.63) is 35.4 Å². The maximum atomic E-state index is 12.5. The number of hydrogen-bond donors (Lipinski definition) is 0. The molecule has 0 bridgehead atoms. The van der Waals surface area contributed by atoms with Crippen LogP contribution < -0.4 is 0 Å². The van der Waals surface area contributed by atoms with Gasteiger partial charge >= 0.3 is 0 Å². The fraction of sp³-hybridized carbons (Fsp3) is 0.533. The fourth-order valence-corrected chi connectivity index (χ4v) is 2.85. The molecular formula is C15H19NO. The Bertz CT molecular complexity index is 425. The largest absolute Gasteiger partial charge is 0.342 e. The minimum atomic E-state index is -0.155. The van der Waals surface area contributed by atoms with Crippen molar-refractivity contribution in [2.45, 2.75) is 38.0 Å². The standard InChI is InChI=1S/C15H19NO/c1-12-4-6-13(7-5-12)15(8-9-15)14(17)16-10-2-3-11-16/h4-7H,2-3,8-11H2,1H3. The van der Waals surface area contributed by atoms with Gasteiger partial charge in [0.2, 0.25) is 5.91 Å². The third-order valence-corrected chi connectivity index (χ3v) is 4.16. The summed E-state index contributed by atoms with van der Waals surface area (Å²) >= 11 is 0. The molecule has 1 saturated carbocycles. The van der Waals surface area contributed by atoms with Gasteiger partial charge in [0.05, 0.1) is 5.41 Å². The van der Waals surface area contributed by atoms with E-state index in [9.17, 15) is 4.79 Å². The zero-order valence-corrected chi connectivity index (χ0v) is 10.4. The SMILES string of the molecule is Cc1ccc(C2(C(=O)N3CCCC3)CC2)cc1. The van der Waals surface area contributed by atoms with E-state index in [1.165, 1.54) is 24.0 Å². The predicted octanol–water partition coefficient (Wildman–Crippen LogP) is 2.65. The topological polar surface area (TPSA) is 20.3 Å². The number of aryl methyl sites for hydroxylation is 1. The summed E-state index contributed by atoms with van der Waals surface area (Å²) in [5.41, 5.74) is 2.33. The molecule has 3 rings (SSSR count). The van der Waals surface area contributed by atoms with Gasteiger partial charge in [-0.15, -0.1) is 0 Å². The third kappa shape index (κ3) is 1.76. The highest BCUT2D eigenvalue weighted by atomic mass is 16.2. The summed E-state index contributed by atoms with van der Waals surface area (Å²) in [6.45, 7) is 4.02. The van der Waals surface area contributed by atoms with E-state index >= 15 is 0 Å². The van der Waals surface area contributed by atoms with Crippen molar-refractivity contribution >= 4 is 5.91 Å². The van der Waals surface area contributed by atoms with Crippen molar-refractivity contribution in [1.29, 1.82) is 0 Å². The summed E-state index contributed by atoms with van der Waals surface area (Å²) in [7, 11) is 0. The van der Waals surface area contributed by atoms with Crippen molar-refractivity contribution < 1.29 is 4.79 Å². The molecule has 2 nitrogen and oxygen atoms in total. The van der Waals surface area contributed by atoms with Crippen LogP contribution in [-0.4, -0.2) is 23.9 Å². The van der Waals surface area contributed by atoms with E-state index in [0.29, 0.717) is 5.91 Å². The molecular weight excluding hydrogens is 210 g/mol. The molecule has 1 aromatic carbocycles. The van der Waals surface area contributed by atoms with Crippen LogP contribution in [0.5, 0.6) is 0 Å². The van der Waals surface area contributed by atoms with Gasteiger partial charge in [-0.05, 0) is 38.2 Å². The van der Waals surface area contributed by atoms with E-state index in [0.717, 1.165) is 25.9 Å². The van der Waals surface area contributed by atoms with Crippen LogP contribution in [0.1, 0.15) is 36.8 Å². The smallest absolute Gasteiger partial charge is 0.233 e. The second-order valence-electron chi connectivity index (χ2n) is 5.45. The fourth-order valence-electron chi connectivity index (χ4n) is 2.85. The lowest BCUT2D eigenvalue weighted by Crippen LogP contribution is -2.37. The molecule has 2 heteroatoms. The molecule has 1 aliphatic heterocycles. The summed E-state index contributed by atoms with van der Waals surface area (Å²) < 4.78 is 0. The van der Waals surface area contributed by atoms with Crippen molar-refractivity contribution in [1.82, 2.24) is 4.90 Å². The second-order valence-corrected chi connectivity index (χ2v) is 5.45. The highest BCUT2D eigenvalue weighted by Gasteiger charge is 2.53. The summed E-state index contributed by atoms with van der Waals surface area (Å²) in [5.74, 6) is 0.374. The molecule has 2 fully saturated rings. The van der Waals surface area contributed by atoms with Gasteiger partial charge in [0.25, 0.3) is 0 Å². The van der Waals surface area contributed by atoms with Crippen LogP contribution in [0.2, 0.25) is 0 Å². The van der Waals surface area contributed by atoms with Crippen LogP contribution >= 0.6 is 0 Å². The Morgan fingerprint density at radius 2 is 1.71 bits per heavy atom. The lowest BCUT2D eigenvalue weighted by atomic mass is 9.93. The summed E-state index contributed by atoms with van der Waals surface area (Å²) in [4.78, 5) is 14.6. The van der Waals surface area contributed by atoms with E-state index in [1.807, 2.05) is 0 Å². The maximum Gasteiger partial charge on any atom is 0.233 e. The average molecular weight is 229 g/mol. The van der Waals surface area contributed by atoms with Crippen LogP contribution in [0.25, 0.3) is 0 Å². The minimum absolute atomic E-state index is 0.155. The van der Waals surface area contributed by atoms with Gasteiger partial charge in [0.1, 0.15) is 0 Å². The first-order valence-corrected chi connectivity index (χ1v) is 6.59. The van der Waals surface area contributed by atoms with Crippen LogP contribution in [0, 0.1) is 6.92 Å². The monoisotopic (exact) mass is 229 g/mol. The van der Waals surface area contributed by atoms with Gasteiger partial charge in [-0.25, -0.2) is 0 Å². The molecule has 2 aliphatic rings. The van der Waals surface area contributed by atoms with E-state index in [2.05, 4.69) is 36.1 Å². The van der Waals surface area contributed by atoms with Gasteiger partial charge in [-0.2, -0.15) is 0 Å². The van der Waals surface area contributed by atoms with Gasteiger partial charge in [0, 0.05) is 13.1 Å². The number of likely N-dealkylation sites (tertiary alicyclic amines) is 1. The number of benzene rings is 1. The van der Waals surface area contributed by atoms with Crippen molar-refractivity contribution in [3.8, 4) is 0 Å². The van der Waals surface area contributed by atoms with Crippen LogP contribution in [0.4, 0.5) is 0 Å². The minimum Gasteiger partial charge on any atom is -0.342 e. The zero-order valence-electron chi connectivity index (χ0n) is 10.4. The highest BCUT2D eigenvalue weighted by molar-refractivity contribution is 5.91. The molecule has 0 atom stereocenters. The summed E-state index contributed by atoms with van der Waals surface area (Å²) in [6, 6.07) is 8.51. The van der Waals surface area contributed by atoms with Gasteiger partial charge in [-0.3, -0.25) is 4.79 Å². The number of rotatable bonds is 2.